The van der Waals surface area contributed by atoms with Crippen LogP contribution in [0.1, 0.15) is 15.9 Å². The summed E-state index contributed by atoms with van der Waals surface area (Å²) in [6.45, 7) is 0. The number of rotatable bonds is 5. The molecule has 0 radical (unpaired) electrons. The topological polar surface area (TPSA) is 130 Å². The quantitative estimate of drug-likeness (QED) is 0.494. The highest BCUT2D eigenvalue weighted by atomic mass is 16.6. The maximum absolute atomic E-state index is 11.7. The van der Waals surface area contributed by atoms with E-state index in [9.17, 15) is 20.0 Å². The Hall–Kier alpha value is -3.49. The van der Waals surface area contributed by atoms with E-state index in [2.05, 4.69) is 15.5 Å². The third-order valence-corrected chi connectivity index (χ3v) is 2.78. The fraction of sp³-hybridized carbons (Fsp3) is 0.0714. The minimum atomic E-state index is -0.825. The van der Waals surface area contributed by atoms with Crippen molar-refractivity contribution in [3.05, 3.63) is 57.9 Å². The van der Waals surface area contributed by atoms with Crippen molar-refractivity contribution >= 4 is 17.8 Å². The van der Waals surface area contributed by atoms with E-state index in [0.29, 0.717) is 5.56 Å². The third kappa shape index (κ3) is 3.79. The second kappa shape index (κ2) is 6.98. The van der Waals surface area contributed by atoms with E-state index in [-0.39, 0.29) is 11.3 Å². The van der Waals surface area contributed by atoms with Crippen LogP contribution < -0.4 is 15.3 Å². The molecule has 118 valence electrons. The van der Waals surface area contributed by atoms with Crippen LogP contribution in [-0.2, 0) is 0 Å². The Bertz CT molecular complexity index is 761. The number of carbonyl (C=O) groups is 1. The summed E-state index contributed by atoms with van der Waals surface area (Å²) in [5.41, 5.74) is 2.16. The first-order valence-electron chi connectivity index (χ1n) is 6.29. The molecular formula is C14H11N4O5-. The lowest BCUT2D eigenvalue weighted by atomic mass is 10.2. The Labute approximate surface area is 130 Å². The first-order chi connectivity index (χ1) is 11.0. The zero-order valence-corrected chi connectivity index (χ0v) is 11.9. The number of nitrogens with one attached hydrogen (secondary N) is 1. The number of nitro benzene ring substituents is 1. The van der Waals surface area contributed by atoms with Crippen LogP contribution in [0, 0.1) is 10.1 Å². The number of hydrazone groups is 1. The third-order valence-electron chi connectivity index (χ3n) is 2.78. The molecular weight excluding hydrogens is 304 g/mol. The number of benzene rings is 1. The smallest absolute Gasteiger partial charge is 0.272 e. The van der Waals surface area contributed by atoms with Gasteiger partial charge in [0.2, 0.25) is 0 Å². The maximum atomic E-state index is 11.7. The number of aromatic nitrogens is 1. The van der Waals surface area contributed by atoms with Gasteiger partial charge in [0.25, 0.3) is 11.6 Å². The first-order valence-corrected chi connectivity index (χ1v) is 6.29. The molecule has 2 rings (SSSR count). The summed E-state index contributed by atoms with van der Waals surface area (Å²) >= 11 is 0. The lowest BCUT2D eigenvalue weighted by Crippen LogP contribution is -2.17. The normalized spacial score (nSPS) is 10.5. The van der Waals surface area contributed by atoms with Crippen LogP contribution in [-0.4, -0.2) is 29.1 Å². The number of ether oxygens (including phenoxy) is 1. The van der Waals surface area contributed by atoms with E-state index in [4.69, 9.17) is 4.74 Å². The molecule has 0 spiro atoms. The Morgan fingerprint density at radius 1 is 1.48 bits per heavy atom. The average Bonchev–Trinajstić information content (AvgIpc) is 2.56. The molecule has 1 heterocycles. The molecule has 1 aromatic carbocycles. The Morgan fingerprint density at radius 2 is 2.26 bits per heavy atom. The first kappa shape index (κ1) is 15.9. The highest BCUT2D eigenvalue weighted by molar-refractivity contribution is 5.94. The van der Waals surface area contributed by atoms with Crippen LogP contribution in [0.4, 0.5) is 5.69 Å². The van der Waals surface area contributed by atoms with E-state index < -0.39 is 22.3 Å². The van der Waals surface area contributed by atoms with Crippen LogP contribution in [0.25, 0.3) is 0 Å². The fourth-order valence-electron chi connectivity index (χ4n) is 1.70. The molecule has 9 nitrogen and oxygen atoms in total. The number of carbonyl (C=O) groups excluding carboxylic acids is 1. The second-order valence-corrected chi connectivity index (χ2v) is 4.27. The molecule has 0 fully saturated rings. The van der Waals surface area contributed by atoms with E-state index in [1.54, 1.807) is 12.1 Å². The molecule has 9 heteroatoms. The molecule has 2 aromatic rings. The minimum absolute atomic E-state index is 0.181. The summed E-state index contributed by atoms with van der Waals surface area (Å²) in [7, 11) is 1.23. The summed E-state index contributed by atoms with van der Waals surface area (Å²) in [4.78, 5) is 25.6. The molecule has 0 unspecified atom stereocenters. The van der Waals surface area contributed by atoms with Gasteiger partial charge in [-0.3, -0.25) is 19.9 Å². The largest absolute Gasteiger partial charge is 0.865 e. The van der Waals surface area contributed by atoms with Crippen LogP contribution in [0.2, 0.25) is 0 Å². The van der Waals surface area contributed by atoms with Gasteiger partial charge in [-0.15, -0.1) is 0 Å². The molecule has 1 aromatic heterocycles. The van der Waals surface area contributed by atoms with Gasteiger partial charge in [0.05, 0.1) is 23.8 Å². The molecule has 0 bridgehead atoms. The lowest BCUT2D eigenvalue weighted by molar-refractivity contribution is -0.398. The number of methoxy groups -OCH3 is 1. The molecule has 0 saturated heterocycles. The fourth-order valence-corrected chi connectivity index (χ4v) is 1.70. The zero-order chi connectivity index (χ0) is 16.8. The maximum Gasteiger partial charge on any atom is 0.272 e. The molecule has 1 N–H and O–H groups in total. The van der Waals surface area contributed by atoms with E-state index in [0.717, 1.165) is 6.07 Å². The SMILES string of the molecule is COc1cc(/C=N\NC(=O)c2cccnc2)cc([N+](=O)[O-])c1[O-]. The van der Waals surface area contributed by atoms with Gasteiger partial charge in [-0.05, 0) is 18.2 Å². The van der Waals surface area contributed by atoms with Gasteiger partial charge < -0.3 is 9.84 Å². The molecule has 0 atom stereocenters. The Kier molecular flexibility index (Phi) is 4.82. The minimum Gasteiger partial charge on any atom is -0.865 e. The summed E-state index contributed by atoms with van der Waals surface area (Å²) in [5, 5.41) is 26.2. The summed E-state index contributed by atoms with van der Waals surface area (Å²) in [5.74, 6) is -1.50. The van der Waals surface area contributed by atoms with Gasteiger partial charge in [-0.1, -0.05) is 0 Å². The van der Waals surface area contributed by atoms with E-state index >= 15 is 0 Å². The predicted molar refractivity (Wildman–Crippen MR) is 78.4 cm³/mol. The summed E-state index contributed by atoms with van der Waals surface area (Å²) < 4.78 is 4.80. The number of amides is 1. The highest BCUT2D eigenvalue weighted by Gasteiger charge is 2.12. The van der Waals surface area contributed by atoms with E-state index in [1.807, 2.05) is 0 Å². The second-order valence-electron chi connectivity index (χ2n) is 4.27. The standard InChI is InChI=1S/C14H12N4O5/c1-23-12-6-9(5-11(13(12)19)18(21)22)7-16-17-14(20)10-3-2-4-15-8-10/h2-8,19H,1H3,(H,17,20)/p-1/b16-7-. The number of hydrogen-bond acceptors (Lipinski definition) is 7. The molecule has 23 heavy (non-hydrogen) atoms. The average molecular weight is 315 g/mol. The number of nitro groups is 1. The van der Waals surface area contributed by atoms with Crippen molar-refractivity contribution in [2.75, 3.05) is 7.11 Å². The predicted octanol–water partition coefficient (Wildman–Crippen LogP) is 0.836. The number of pyridine rings is 1. The van der Waals surface area contributed by atoms with Crippen molar-refractivity contribution in [3.8, 4) is 11.5 Å². The van der Waals surface area contributed by atoms with Crippen molar-refractivity contribution in [1.82, 2.24) is 10.4 Å². The molecule has 0 aliphatic carbocycles. The molecule has 1 amide bonds. The van der Waals surface area contributed by atoms with Crippen molar-refractivity contribution in [2.24, 2.45) is 5.10 Å². The van der Waals surface area contributed by atoms with Crippen LogP contribution in [0.15, 0.2) is 41.8 Å². The van der Waals surface area contributed by atoms with Crippen LogP contribution in [0.5, 0.6) is 11.5 Å². The van der Waals surface area contributed by atoms with Gasteiger partial charge in [0.1, 0.15) is 5.75 Å². The van der Waals surface area contributed by atoms with Gasteiger partial charge >= 0.3 is 0 Å². The number of hydrogen-bond donors (Lipinski definition) is 1. The molecule has 0 aliphatic heterocycles. The van der Waals surface area contributed by atoms with Crippen LogP contribution in [0.3, 0.4) is 0 Å². The van der Waals surface area contributed by atoms with Crippen molar-refractivity contribution in [2.45, 2.75) is 0 Å². The van der Waals surface area contributed by atoms with Gasteiger partial charge in [-0.2, -0.15) is 5.10 Å². The van der Waals surface area contributed by atoms with Crippen LogP contribution >= 0.6 is 0 Å². The van der Waals surface area contributed by atoms with Crippen molar-refractivity contribution < 1.29 is 19.6 Å². The van der Waals surface area contributed by atoms with E-state index in [1.165, 1.54) is 31.8 Å². The summed E-state index contributed by atoms with van der Waals surface area (Å²) in [6.07, 6.45) is 4.06. The summed E-state index contributed by atoms with van der Waals surface area (Å²) in [6, 6.07) is 5.48. The van der Waals surface area contributed by atoms with Crippen molar-refractivity contribution in [3.63, 3.8) is 0 Å². The molecule has 0 saturated carbocycles. The van der Waals surface area contributed by atoms with Gasteiger partial charge in [0, 0.05) is 29.8 Å². The lowest BCUT2D eigenvalue weighted by Gasteiger charge is -2.12. The van der Waals surface area contributed by atoms with Crippen molar-refractivity contribution in [1.29, 1.82) is 0 Å². The Morgan fingerprint density at radius 3 is 2.87 bits per heavy atom. The van der Waals surface area contributed by atoms with Gasteiger partial charge in [-0.25, -0.2) is 5.43 Å². The number of nitrogens with zero attached hydrogens (tertiary/aromatic N) is 3. The molecule has 0 aliphatic rings. The van der Waals surface area contributed by atoms with Gasteiger partial charge in [0.15, 0.2) is 0 Å². The Balaban J connectivity index is 2.18. The zero-order valence-electron chi connectivity index (χ0n) is 11.9. The highest BCUT2D eigenvalue weighted by Crippen LogP contribution is 2.33. The monoisotopic (exact) mass is 315 g/mol.